The number of nitrogens with two attached hydrogens (primary N) is 4. The van der Waals surface area contributed by atoms with Crippen molar-refractivity contribution < 1.29 is 96.1 Å². The van der Waals surface area contributed by atoms with Gasteiger partial charge in [-0.2, -0.15) is 0 Å². The van der Waals surface area contributed by atoms with E-state index in [1.54, 1.807) is 101 Å². The highest BCUT2D eigenvalue weighted by Gasteiger charge is 2.49. The van der Waals surface area contributed by atoms with E-state index in [9.17, 15) is 48.3 Å². The zero-order valence-electron chi connectivity index (χ0n) is 81.1. The molecule has 4 aliphatic rings. The molecule has 760 valence electrons. The number of benzene rings is 4. The number of hydrogen-bond acceptors (Lipinski definition) is 24. The number of carbonyl (C=O) groups excluding carboxylic acids is 17. The second kappa shape index (κ2) is 49.7. The molecule has 0 saturated carbocycles. The Morgan fingerprint density at radius 1 is 0.574 bits per heavy atom. The molecule has 7 heterocycles. The molecule has 11 rings (SSSR count). The lowest BCUT2D eigenvalue weighted by atomic mass is 9.95. The van der Waals surface area contributed by atoms with E-state index in [4.69, 9.17) is 32.4 Å². The number of aromatic hydroxyl groups is 1. The van der Waals surface area contributed by atoms with Crippen molar-refractivity contribution >= 4 is 150 Å². The number of nitrogens with zero attached hydrogens (tertiary/aromatic N) is 6. The first-order valence-corrected chi connectivity index (χ1v) is 49.0. The summed E-state index contributed by atoms with van der Waals surface area (Å²) < 4.78 is 12.2. The molecule has 0 radical (unpaired) electrons. The van der Waals surface area contributed by atoms with Crippen molar-refractivity contribution in [3.63, 3.8) is 0 Å². The van der Waals surface area contributed by atoms with Gasteiger partial charge in [-0.1, -0.05) is 110 Å². The third-order valence-corrected chi connectivity index (χ3v) is 26.9. The second-order valence-corrected chi connectivity index (χ2v) is 38.2. The van der Waals surface area contributed by atoms with Crippen LogP contribution in [0.3, 0.4) is 0 Å². The largest absolute Gasteiger partial charge is 0.508 e. The van der Waals surface area contributed by atoms with Gasteiger partial charge in [-0.25, -0.2) is 4.98 Å². The van der Waals surface area contributed by atoms with Gasteiger partial charge in [0.05, 0.1) is 38.1 Å². The van der Waals surface area contributed by atoms with Crippen LogP contribution in [0.1, 0.15) is 149 Å². The van der Waals surface area contributed by atoms with E-state index in [0.29, 0.717) is 80.7 Å². The average Bonchev–Trinajstić information content (AvgIpc) is 1.54. The second-order valence-electron chi connectivity index (χ2n) is 37.2. The number of aromatic nitrogens is 3. The van der Waals surface area contributed by atoms with Crippen LogP contribution >= 0.6 is 11.8 Å². The molecule has 3 aromatic heterocycles. The summed E-state index contributed by atoms with van der Waals surface area (Å²) in [5.41, 5.74) is 26.7. The topological polar surface area (TPSA) is 614 Å². The molecule has 21 N–H and O–H groups in total. The zero-order chi connectivity index (χ0) is 102. The first-order valence-electron chi connectivity index (χ1n) is 47.9. The molecule has 2 bridgehead atoms. The molecule has 141 heavy (non-hydrogen) atoms. The Labute approximate surface area is 820 Å². The highest BCUT2D eigenvalue weighted by Crippen LogP contribution is 2.36. The van der Waals surface area contributed by atoms with Crippen molar-refractivity contribution in [2.45, 2.75) is 242 Å². The third kappa shape index (κ3) is 27.4. The van der Waals surface area contributed by atoms with E-state index in [-0.39, 0.29) is 125 Å². The van der Waals surface area contributed by atoms with Gasteiger partial charge in [0.1, 0.15) is 102 Å². The summed E-state index contributed by atoms with van der Waals surface area (Å²) in [6.45, 7) is 10.2. The number of aromatic amines is 2. The lowest BCUT2D eigenvalue weighted by Crippen LogP contribution is -2.62. The van der Waals surface area contributed by atoms with E-state index in [1.807, 2.05) is 26.0 Å². The number of H-pyrrole nitrogens is 2. The van der Waals surface area contributed by atoms with Crippen LogP contribution in [0, 0.1) is 11.8 Å². The number of thioether (sulfide) groups is 1. The molecule has 43 heteroatoms. The van der Waals surface area contributed by atoms with Gasteiger partial charge >= 0.3 is 0 Å². The number of unbranched alkanes of at least 4 members (excludes halogenated alkanes) is 2. The van der Waals surface area contributed by atoms with E-state index >= 15 is 38.4 Å². The first kappa shape index (κ1) is 107. The van der Waals surface area contributed by atoms with Gasteiger partial charge in [-0.3, -0.25) is 86.4 Å². The number of fused-ring (bicyclic) bond motifs is 9. The number of hydrogen-bond donors (Lipinski definition) is 17. The SMILES string of the molecule is CCCC[C@H]1C(=O)N(C)[C@@H](CCCC)C(=O)N[C@@H](CC(C)C)C(=O)N[C@H](C(=O)NCC(N)=O)CSCC(=O)N[C@H]2Cc3ccc(O)cc3N(C2=O)[C@@H](C)C(=O)N[C@@H](CC(N)=O)C(=O)N2CCC[C@H]2C(=O)N[C@@H](CN)C(=O)N[C@@H](CC(C)C)C(=O)N2C[C@H](Oc3nccc4cc(OC)ccc34)C[C@H]2C(=O)N[C@@H](Cc2c[nH]c3ccccc23)C(=O)N[C@@H](CCN)C(=O)N[C@@H](Cc2c[nH]c3ccccc23)C(=O)N1C. The number of likely N-dealkylation sites (N-methyl/N-ethyl adjacent to an activating group) is 2. The maximum Gasteiger partial charge on any atom is 0.250 e. The van der Waals surface area contributed by atoms with E-state index < -0.39 is 216 Å². The number of anilines is 1. The van der Waals surface area contributed by atoms with Crippen LogP contribution in [0.4, 0.5) is 5.69 Å². The number of pyridine rings is 1. The Hall–Kier alpha value is -14.0. The van der Waals surface area contributed by atoms with Crippen LogP contribution in [0.5, 0.6) is 17.4 Å². The Bertz CT molecular complexity index is 5750. The molecule has 3 fully saturated rings. The summed E-state index contributed by atoms with van der Waals surface area (Å²) >= 11 is 0.810. The molecule has 4 aliphatic heterocycles. The van der Waals surface area contributed by atoms with Crippen molar-refractivity contribution in [1.82, 2.24) is 87.7 Å². The minimum Gasteiger partial charge on any atom is -0.508 e. The Balaban J connectivity index is 0.973. The van der Waals surface area contributed by atoms with Crippen LogP contribution in [-0.4, -0.2) is 296 Å². The first-order chi connectivity index (χ1) is 67.3. The highest BCUT2D eigenvalue weighted by molar-refractivity contribution is 8.00. The number of methoxy groups -OCH3 is 1. The Morgan fingerprint density at radius 3 is 1.79 bits per heavy atom. The van der Waals surface area contributed by atoms with Gasteiger partial charge < -0.3 is 120 Å². The van der Waals surface area contributed by atoms with Crippen LogP contribution in [0.2, 0.25) is 0 Å². The van der Waals surface area contributed by atoms with Crippen molar-refractivity contribution in [3.8, 4) is 17.4 Å². The van der Waals surface area contributed by atoms with Gasteiger partial charge in [0.15, 0.2) is 0 Å². The minimum atomic E-state index is -1.81. The summed E-state index contributed by atoms with van der Waals surface area (Å²) in [6, 6.07) is 4.13. The number of rotatable bonds is 25. The summed E-state index contributed by atoms with van der Waals surface area (Å²) in [7, 11) is 4.31. The number of nitrogens with one attached hydrogen (secondary N) is 12. The molecule has 0 aliphatic carbocycles. The number of primary amides is 2. The van der Waals surface area contributed by atoms with Gasteiger partial charge in [0.25, 0.3) is 5.91 Å². The molecule has 7 aromatic rings. The quantitative estimate of drug-likeness (QED) is 0.0375. The lowest BCUT2D eigenvalue weighted by molar-refractivity contribution is -0.149. The Morgan fingerprint density at radius 2 is 1.15 bits per heavy atom. The molecule has 42 nitrogen and oxygen atoms in total. The average molecular weight is 1970 g/mol. The molecular formula is C98H132N22O20S. The molecule has 15 atom stereocenters. The predicted octanol–water partition coefficient (Wildman–Crippen LogP) is 0.735. The smallest absolute Gasteiger partial charge is 0.250 e. The molecule has 0 spiro atoms. The normalized spacial score (nSPS) is 24.5. The van der Waals surface area contributed by atoms with Gasteiger partial charge in [-0.15, -0.1) is 11.8 Å². The number of phenolic OH excluding ortho intramolecular Hbond substituents is 1. The summed E-state index contributed by atoms with van der Waals surface area (Å²) in [5.74, 6) is -16.5. The summed E-state index contributed by atoms with van der Waals surface area (Å²) in [6.07, 6.45) is 3.70. The molecule has 3 saturated heterocycles. The molecule has 17 amide bonds. The Kier molecular flexibility index (Phi) is 37.9. The number of phenols is 1. The number of ether oxygens (including phenoxy) is 2. The zero-order valence-corrected chi connectivity index (χ0v) is 81.9. The fourth-order valence-electron chi connectivity index (χ4n) is 18.4. The monoisotopic (exact) mass is 1970 g/mol. The van der Waals surface area contributed by atoms with Crippen LogP contribution in [-0.2, 0) is 101 Å². The molecular weight excluding hydrogens is 1840 g/mol. The van der Waals surface area contributed by atoms with Crippen molar-refractivity contribution in [2.75, 3.05) is 70.3 Å². The van der Waals surface area contributed by atoms with Gasteiger partial charge in [-0.05, 0) is 135 Å². The van der Waals surface area contributed by atoms with Gasteiger partial charge in [0, 0.05) is 110 Å². The van der Waals surface area contributed by atoms with Crippen LogP contribution < -0.4 is 90.5 Å². The van der Waals surface area contributed by atoms with Crippen molar-refractivity contribution in [2.24, 2.45) is 34.8 Å². The van der Waals surface area contributed by atoms with Gasteiger partial charge in [0.2, 0.25) is 100 Å². The van der Waals surface area contributed by atoms with Crippen LogP contribution in [0.15, 0.2) is 110 Å². The van der Waals surface area contributed by atoms with E-state index in [0.717, 1.165) is 21.6 Å². The lowest BCUT2D eigenvalue weighted by Gasteiger charge is -2.38. The predicted molar refractivity (Wildman–Crippen MR) is 525 cm³/mol. The minimum absolute atomic E-state index is 0.0213. The third-order valence-electron chi connectivity index (χ3n) is 25.8. The molecule has 4 aromatic carbocycles. The van der Waals surface area contributed by atoms with Crippen molar-refractivity contribution in [1.29, 1.82) is 0 Å². The summed E-state index contributed by atoms with van der Waals surface area (Å²) in [4.78, 5) is 270. The van der Waals surface area contributed by atoms with E-state index in [1.165, 1.54) is 67.2 Å². The maximum absolute atomic E-state index is 16.0. The fourth-order valence-corrected chi connectivity index (χ4v) is 19.3. The standard InChI is InChI=1S/C98H132N22O20S/c1-11-13-24-76-90(131)109-68(36-52(3)4)87(128)115-75(85(126)106-48-82(102)123)50-141-51-83(124)107-72-39-56-27-28-59(121)42-79(56)120(97(72)137)54(7)84(125)111-73(44-81(101)122)95(135)118-35-19-26-77(118)91(132)114-74(45-100)89(130)112-70(37-53(5)6)96(136)119-49-61(140-93-64-30-29-60(139-10)38-55(64)32-34-103-93)43-80(119)92(133)110-69(40-57-46-104-65-22-17-15-20-62(57)65)88(129)108-67(31-33-99)86(127)113-71(41-58-47-105-66-23-18-16-21-63(58)66)94(134)117(9)78(25-14-12-2)98(138)116(76)8/h15-18,20-23,27-30,32,34,38,42,46-47,52-54,61,67-78,80,104-105,121H,11-14,19,24-26,31,33,35-37,39-41,43-45,48-51,99-100H2,1-10H3,(H2,101,122)(H2,102,123)(H,106,126)(H,107,124)(H,108,129)(H,109,131)(H,110,133)(H,111,125)(H,112,130)(H,113,127)(H,114,132)(H,115,128)/t54-,61+,67-,68-,69-,70-,71-,72-,73-,74-,75-,76-,77-,78-,80-/m0/s1. The molecule has 0 unspecified atom stereocenters. The van der Waals surface area contributed by atoms with Crippen molar-refractivity contribution in [3.05, 3.63) is 126 Å². The number of amides is 17. The highest BCUT2D eigenvalue weighted by atomic mass is 32.2. The maximum atomic E-state index is 16.0. The van der Waals surface area contributed by atoms with Crippen LogP contribution in [0.25, 0.3) is 32.6 Å². The number of para-hydroxylation sites is 2. The summed E-state index contributed by atoms with van der Waals surface area (Å²) in [5, 5.41) is 40.6. The fraction of sp³-hybridized carbons (Fsp3) is 0.510. The van der Waals surface area contributed by atoms with E-state index in [2.05, 4.69) is 68.1 Å². The number of carbonyl (C=O) groups is 17.